The molecule has 3 heterocycles. The molecule has 4 aromatic rings. The molecule has 2 atom stereocenters. The van der Waals surface area contributed by atoms with Gasteiger partial charge in [-0.05, 0) is 50.1 Å². The highest BCUT2D eigenvalue weighted by atomic mass is 35.5. The first kappa shape index (κ1) is 23.9. The summed E-state index contributed by atoms with van der Waals surface area (Å²) in [6.45, 7) is 3.10. The van der Waals surface area contributed by atoms with Crippen molar-refractivity contribution < 1.29 is 9.13 Å². The van der Waals surface area contributed by atoms with Crippen LogP contribution >= 0.6 is 11.6 Å². The van der Waals surface area contributed by atoms with Gasteiger partial charge in [-0.15, -0.1) is 0 Å². The van der Waals surface area contributed by atoms with E-state index in [9.17, 15) is 9.59 Å². The van der Waals surface area contributed by atoms with Gasteiger partial charge in [0, 0.05) is 60.8 Å². The number of rotatable bonds is 4. The lowest BCUT2D eigenvalue weighted by atomic mass is 9.97. The summed E-state index contributed by atoms with van der Waals surface area (Å²) in [5, 5.41) is 5.18. The van der Waals surface area contributed by atoms with Gasteiger partial charge < -0.3 is 9.64 Å². The van der Waals surface area contributed by atoms with Crippen LogP contribution in [-0.2, 0) is 18.8 Å². The SMILES string of the molecule is C[C@@H]1CN(c2cc(-c3ccc(Cl)cc3F)c3c(=O)n(C)n(C)c(=O)c3c2)C[C@H](c2cnn(C3CC3)c2)O1. The van der Waals surface area contributed by atoms with Crippen LogP contribution in [0.25, 0.3) is 21.9 Å². The van der Waals surface area contributed by atoms with E-state index in [1.807, 2.05) is 24.0 Å². The van der Waals surface area contributed by atoms with Gasteiger partial charge in [-0.25, -0.2) is 4.39 Å². The van der Waals surface area contributed by atoms with E-state index in [1.165, 1.54) is 22.5 Å². The first-order chi connectivity index (χ1) is 17.7. The Labute approximate surface area is 217 Å². The van der Waals surface area contributed by atoms with Crippen LogP contribution in [-0.4, -0.2) is 38.3 Å². The number of hydrogen-bond donors (Lipinski definition) is 0. The molecular weight excluding hydrogens is 497 g/mol. The molecule has 10 heteroatoms. The van der Waals surface area contributed by atoms with Gasteiger partial charge in [-0.1, -0.05) is 11.6 Å². The number of hydrogen-bond acceptors (Lipinski definition) is 5. The van der Waals surface area contributed by atoms with Crippen molar-refractivity contribution in [2.24, 2.45) is 14.1 Å². The number of nitrogens with zero attached hydrogens (tertiary/aromatic N) is 5. The monoisotopic (exact) mass is 523 g/mol. The van der Waals surface area contributed by atoms with Crippen LogP contribution < -0.4 is 16.0 Å². The molecule has 2 aromatic heterocycles. The summed E-state index contributed by atoms with van der Waals surface area (Å²) in [6.07, 6.45) is 5.88. The molecule has 1 saturated carbocycles. The van der Waals surface area contributed by atoms with E-state index < -0.39 is 5.82 Å². The highest BCUT2D eigenvalue weighted by Gasteiger charge is 2.31. The number of anilines is 1. The van der Waals surface area contributed by atoms with Crippen molar-refractivity contribution in [3.05, 3.63) is 79.8 Å². The fraction of sp³-hybridized carbons (Fsp3) is 0.370. The molecule has 1 aliphatic carbocycles. The highest BCUT2D eigenvalue weighted by molar-refractivity contribution is 6.30. The lowest BCUT2D eigenvalue weighted by Crippen LogP contribution is -2.43. The van der Waals surface area contributed by atoms with Crippen molar-refractivity contribution in [1.82, 2.24) is 19.1 Å². The number of benzene rings is 2. The maximum absolute atomic E-state index is 15.1. The third kappa shape index (κ3) is 4.16. The van der Waals surface area contributed by atoms with Crippen LogP contribution in [0.4, 0.5) is 10.1 Å². The van der Waals surface area contributed by atoms with Gasteiger partial charge in [0.1, 0.15) is 11.9 Å². The zero-order valence-electron chi connectivity index (χ0n) is 20.8. The number of halogens is 2. The predicted octanol–water partition coefficient (Wildman–Crippen LogP) is 4.19. The minimum Gasteiger partial charge on any atom is -0.367 e. The maximum Gasteiger partial charge on any atom is 0.273 e. The molecule has 2 fully saturated rings. The van der Waals surface area contributed by atoms with E-state index in [2.05, 4.69) is 10.00 Å². The average Bonchev–Trinajstić information content (AvgIpc) is 3.61. The zero-order chi connectivity index (χ0) is 26.0. The summed E-state index contributed by atoms with van der Waals surface area (Å²) in [4.78, 5) is 28.8. The smallest absolute Gasteiger partial charge is 0.273 e. The standard InChI is InChI=1S/C27H27ClFN5O3/c1-15-12-33(14-24(37-15)16-11-30-34(13-16)18-5-6-18)19-9-21(20-7-4-17(28)8-23(20)29)25-22(10-19)26(35)31(2)32(3)27(25)36/h4,7-11,13,15,18,24H,5-6,12,14H2,1-3H3/t15-,24-/m1/s1. The molecule has 2 aliphatic rings. The number of morpholine rings is 1. The molecule has 37 heavy (non-hydrogen) atoms. The Kier molecular flexibility index (Phi) is 5.72. The summed E-state index contributed by atoms with van der Waals surface area (Å²) in [7, 11) is 3.07. The van der Waals surface area contributed by atoms with Gasteiger partial charge in [-0.2, -0.15) is 5.10 Å². The van der Waals surface area contributed by atoms with Crippen molar-refractivity contribution in [2.45, 2.75) is 38.0 Å². The molecule has 0 unspecified atom stereocenters. The molecule has 0 radical (unpaired) electrons. The molecule has 2 aromatic carbocycles. The normalized spacial score (nSPS) is 20.1. The molecule has 0 amide bonds. The van der Waals surface area contributed by atoms with E-state index in [-0.39, 0.29) is 44.7 Å². The van der Waals surface area contributed by atoms with Crippen LogP contribution in [0, 0.1) is 5.82 Å². The van der Waals surface area contributed by atoms with Gasteiger partial charge in [0.05, 0.1) is 29.1 Å². The summed E-state index contributed by atoms with van der Waals surface area (Å²) in [5.41, 5.74) is 1.57. The number of aromatic nitrogens is 4. The summed E-state index contributed by atoms with van der Waals surface area (Å²) >= 11 is 6.01. The van der Waals surface area contributed by atoms with Gasteiger partial charge >= 0.3 is 0 Å². The maximum atomic E-state index is 15.1. The molecule has 0 N–H and O–H groups in total. The summed E-state index contributed by atoms with van der Waals surface area (Å²) < 4.78 is 25.9. The molecule has 1 aliphatic heterocycles. The largest absolute Gasteiger partial charge is 0.367 e. The van der Waals surface area contributed by atoms with E-state index in [1.54, 1.807) is 31.3 Å². The first-order valence-electron chi connectivity index (χ1n) is 12.3. The van der Waals surface area contributed by atoms with Gasteiger partial charge in [0.15, 0.2) is 0 Å². The lowest BCUT2D eigenvalue weighted by molar-refractivity contribution is -0.0174. The summed E-state index contributed by atoms with van der Waals surface area (Å²) in [5.74, 6) is -0.561. The quantitative estimate of drug-likeness (QED) is 0.401. The second-order valence-electron chi connectivity index (χ2n) is 10.0. The zero-order valence-corrected chi connectivity index (χ0v) is 21.6. The second kappa shape index (κ2) is 8.85. The molecular formula is C27H27ClFN5O3. The van der Waals surface area contributed by atoms with E-state index in [0.717, 1.165) is 24.1 Å². The molecule has 0 bridgehead atoms. The third-order valence-electron chi connectivity index (χ3n) is 7.37. The van der Waals surface area contributed by atoms with E-state index >= 15 is 4.39 Å². The van der Waals surface area contributed by atoms with Crippen molar-refractivity contribution in [3.8, 4) is 11.1 Å². The van der Waals surface area contributed by atoms with Crippen molar-refractivity contribution in [2.75, 3.05) is 18.0 Å². The Bertz CT molecular complexity index is 1650. The Hall–Kier alpha value is -3.43. The molecule has 6 rings (SSSR count). The predicted molar refractivity (Wildman–Crippen MR) is 141 cm³/mol. The van der Waals surface area contributed by atoms with Crippen molar-refractivity contribution in [1.29, 1.82) is 0 Å². The van der Waals surface area contributed by atoms with Crippen LogP contribution in [0.5, 0.6) is 0 Å². The van der Waals surface area contributed by atoms with Gasteiger partial charge in [0.2, 0.25) is 0 Å². The minimum atomic E-state index is -0.561. The number of ether oxygens (including phenoxy) is 1. The second-order valence-corrected chi connectivity index (χ2v) is 10.5. The molecule has 192 valence electrons. The van der Waals surface area contributed by atoms with Crippen LogP contribution in [0.2, 0.25) is 5.02 Å². The van der Waals surface area contributed by atoms with E-state index in [0.29, 0.717) is 24.7 Å². The van der Waals surface area contributed by atoms with Gasteiger partial charge in [0.25, 0.3) is 11.1 Å². The Morgan fingerprint density at radius 2 is 1.78 bits per heavy atom. The topological polar surface area (TPSA) is 74.3 Å². The van der Waals surface area contributed by atoms with Crippen LogP contribution in [0.1, 0.15) is 37.5 Å². The van der Waals surface area contributed by atoms with Crippen LogP contribution in [0.3, 0.4) is 0 Å². The molecule has 1 saturated heterocycles. The van der Waals surface area contributed by atoms with E-state index in [4.69, 9.17) is 16.3 Å². The molecule has 8 nitrogen and oxygen atoms in total. The Morgan fingerprint density at radius 1 is 1.03 bits per heavy atom. The lowest BCUT2D eigenvalue weighted by Gasteiger charge is -2.38. The average molecular weight is 524 g/mol. The third-order valence-corrected chi connectivity index (χ3v) is 7.60. The fourth-order valence-corrected chi connectivity index (χ4v) is 5.30. The van der Waals surface area contributed by atoms with Crippen molar-refractivity contribution in [3.63, 3.8) is 0 Å². The number of fused-ring (bicyclic) bond motifs is 1. The molecule has 0 spiro atoms. The minimum absolute atomic E-state index is 0.0964. The first-order valence-corrected chi connectivity index (χ1v) is 12.7. The van der Waals surface area contributed by atoms with Crippen LogP contribution in [0.15, 0.2) is 52.3 Å². The highest BCUT2D eigenvalue weighted by Crippen LogP contribution is 2.37. The Balaban J connectivity index is 1.50. The van der Waals surface area contributed by atoms with Gasteiger partial charge in [-0.3, -0.25) is 23.6 Å². The fourth-order valence-electron chi connectivity index (χ4n) is 5.14. The Morgan fingerprint density at radius 3 is 2.51 bits per heavy atom. The summed E-state index contributed by atoms with van der Waals surface area (Å²) in [6, 6.07) is 8.34. The van der Waals surface area contributed by atoms with Crippen molar-refractivity contribution >= 4 is 28.1 Å².